The van der Waals surface area contributed by atoms with E-state index < -0.39 is 0 Å². The number of amides is 1. The van der Waals surface area contributed by atoms with Crippen LogP contribution in [-0.2, 0) is 17.6 Å². The molecule has 7 nitrogen and oxygen atoms in total. The minimum Gasteiger partial charge on any atom is -0.366 e. The number of carbonyl (C=O) groups is 1. The third-order valence-electron chi connectivity index (χ3n) is 5.73. The normalized spacial score (nSPS) is 15.3. The smallest absolute Gasteiger partial charge is 0.254 e. The summed E-state index contributed by atoms with van der Waals surface area (Å²) in [5.74, 6) is 1.47. The van der Waals surface area contributed by atoms with Crippen molar-refractivity contribution in [1.29, 1.82) is 0 Å². The van der Waals surface area contributed by atoms with Crippen LogP contribution >= 0.6 is 0 Å². The van der Waals surface area contributed by atoms with E-state index in [0.717, 1.165) is 49.3 Å². The monoisotopic (exact) mass is 378 g/mol. The van der Waals surface area contributed by atoms with Crippen molar-refractivity contribution in [2.45, 2.75) is 39.5 Å². The molecular weight excluding hydrogens is 352 g/mol. The minimum atomic E-state index is 0.151. The van der Waals surface area contributed by atoms with E-state index in [-0.39, 0.29) is 11.9 Å². The van der Waals surface area contributed by atoms with Crippen LogP contribution in [0.1, 0.15) is 35.4 Å². The molecule has 2 N–H and O–H groups in total. The molecule has 0 saturated carbocycles. The van der Waals surface area contributed by atoms with E-state index in [1.807, 2.05) is 18.7 Å². The number of nitrogens with zero attached hydrogens (tertiary/aromatic N) is 5. The van der Waals surface area contributed by atoms with Crippen LogP contribution in [0, 0.1) is 19.8 Å². The third-order valence-corrected chi connectivity index (χ3v) is 5.73. The lowest BCUT2D eigenvalue weighted by molar-refractivity contribution is -0.131. The van der Waals surface area contributed by atoms with Crippen LogP contribution in [0.25, 0.3) is 5.78 Å². The number of hydrogen-bond donors (Lipinski definition) is 1. The fourth-order valence-electron chi connectivity index (χ4n) is 4.08. The molecule has 0 bridgehead atoms. The molecule has 1 aliphatic heterocycles. The number of likely N-dealkylation sites (tertiary alicyclic amines) is 1. The summed E-state index contributed by atoms with van der Waals surface area (Å²) in [7, 11) is 0. The molecule has 1 fully saturated rings. The standard InChI is InChI=1S/C21H26N6O/c1-14-18(15(2)27-21(23-14)24-20(22)25-27)13-19(28)26-10-8-17(9-11-26)12-16-6-4-3-5-7-16/h3-7,17H,8-13H2,1-2H3,(H2,22,25). The van der Waals surface area contributed by atoms with Crippen molar-refractivity contribution in [2.75, 3.05) is 18.8 Å². The van der Waals surface area contributed by atoms with Crippen molar-refractivity contribution in [3.05, 3.63) is 52.8 Å². The summed E-state index contributed by atoms with van der Waals surface area (Å²) in [5, 5.41) is 4.18. The molecular formula is C21H26N6O. The first-order chi connectivity index (χ1) is 13.5. The zero-order valence-electron chi connectivity index (χ0n) is 16.4. The van der Waals surface area contributed by atoms with E-state index in [1.165, 1.54) is 5.56 Å². The zero-order chi connectivity index (χ0) is 19.7. The van der Waals surface area contributed by atoms with E-state index in [9.17, 15) is 4.79 Å². The van der Waals surface area contributed by atoms with Crippen LogP contribution in [0.15, 0.2) is 30.3 Å². The third kappa shape index (κ3) is 3.69. The molecule has 7 heteroatoms. The Hall–Kier alpha value is -2.96. The maximum atomic E-state index is 12.9. The van der Waals surface area contributed by atoms with Crippen molar-refractivity contribution < 1.29 is 4.79 Å². The van der Waals surface area contributed by atoms with Crippen LogP contribution in [0.2, 0.25) is 0 Å². The van der Waals surface area contributed by atoms with Gasteiger partial charge in [0.2, 0.25) is 11.9 Å². The summed E-state index contributed by atoms with van der Waals surface area (Å²) in [6, 6.07) is 10.6. The van der Waals surface area contributed by atoms with Gasteiger partial charge in [0.25, 0.3) is 5.78 Å². The van der Waals surface area contributed by atoms with Crippen molar-refractivity contribution in [1.82, 2.24) is 24.5 Å². The second-order valence-electron chi connectivity index (χ2n) is 7.63. The summed E-state index contributed by atoms with van der Waals surface area (Å²) in [4.78, 5) is 23.5. The predicted molar refractivity (Wildman–Crippen MR) is 108 cm³/mol. The number of nitrogen functional groups attached to an aromatic ring is 1. The number of benzene rings is 1. The number of carbonyl (C=O) groups excluding carboxylic acids is 1. The SMILES string of the molecule is Cc1nc2nc(N)nn2c(C)c1CC(=O)N1CCC(Cc2ccccc2)CC1. The Morgan fingerprint density at radius 2 is 1.86 bits per heavy atom. The van der Waals surface area contributed by atoms with Gasteiger partial charge >= 0.3 is 0 Å². The quantitative estimate of drug-likeness (QED) is 0.753. The summed E-state index contributed by atoms with van der Waals surface area (Å²) >= 11 is 0. The highest BCUT2D eigenvalue weighted by atomic mass is 16.2. The van der Waals surface area contributed by atoms with Gasteiger partial charge in [-0.25, -0.2) is 4.98 Å². The first-order valence-corrected chi connectivity index (χ1v) is 9.81. The zero-order valence-corrected chi connectivity index (χ0v) is 16.4. The first kappa shape index (κ1) is 18.4. The van der Waals surface area contributed by atoms with Gasteiger partial charge in [-0.2, -0.15) is 9.50 Å². The molecule has 4 rings (SSSR count). The Labute approximate surface area is 164 Å². The first-order valence-electron chi connectivity index (χ1n) is 9.81. The number of rotatable bonds is 4. The van der Waals surface area contributed by atoms with Crippen LogP contribution < -0.4 is 5.73 Å². The van der Waals surface area contributed by atoms with Gasteiger partial charge in [-0.05, 0) is 44.6 Å². The second kappa shape index (κ2) is 7.58. The lowest BCUT2D eigenvalue weighted by atomic mass is 9.90. The van der Waals surface area contributed by atoms with Crippen molar-refractivity contribution in [3.8, 4) is 0 Å². The van der Waals surface area contributed by atoms with Crippen LogP contribution in [0.5, 0.6) is 0 Å². The highest BCUT2D eigenvalue weighted by molar-refractivity contribution is 5.79. The van der Waals surface area contributed by atoms with E-state index >= 15 is 0 Å². The lowest BCUT2D eigenvalue weighted by Crippen LogP contribution is -2.40. The van der Waals surface area contributed by atoms with Crippen molar-refractivity contribution in [2.24, 2.45) is 5.92 Å². The van der Waals surface area contributed by atoms with E-state index in [4.69, 9.17) is 5.73 Å². The summed E-state index contributed by atoms with van der Waals surface area (Å²) < 4.78 is 1.62. The topological polar surface area (TPSA) is 89.4 Å². The number of anilines is 1. The maximum absolute atomic E-state index is 12.9. The average molecular weight is 378 g/mol. The van der Waals surface area contributed by atoms with Crippen LogP contribution in [0.3, 0.4) is 0 Å². The number of hydrogen-bond acceptors (Lipinski definition) is 5. The molecule has 0 unspecified atom stereocenters. The van der Waals surface area contributed by atoms with Crippen molar-refractivity contribution in [3.63, 3.8) is 0 Å². The Balaban J connectivity index is 1.40. The molecule has 3 heterocycles. The van der Waals surface area contributed by atoms with Gasteiger partial charge in [0.05, 0.1) is 6.42 Å². The maximum Gasteiger partial charge on any atom is 0.254 e. The molecule has 3 aromatic rings. The fraction of sp³-hybridized carbons (Fsp3) is 0.429. The van der Waals surface area contributed by atoms with Crippen LogP contribution in [0.4, 0.5) is 5.95 Å². The molecule has 0 spiro atoms. The Kier molecular flexibility index (Phi) is 4.98. The molecule has 0 aliphatic carbocycles. The molecule has 0 atom stereocenters. The Bertz CT molecular complexity index is 989. The molecule has 1 aliphatic rings. The number of piperidine rings is 1. The number of aromatic nitrogens is 4. The number of nitrogens with two attached hydrogens (primary N) is 1. The van der Waals surface area contributed by atoms with E-state index in [2.05, 4.69) is 45.4 Å². The molecule has 1 saturated heterocycles. The highest BCUT2D eigenvalue weighted by Crippen LogP contribution is 2.23. The summed E-state index contributed by atoms with van der Waals surface area (Å²) in [6.07, 6.45) is 3.53. The molecule has 28 heavy (non-hydrogen) atoms. The van der Waals surface area contributed by atoms with Gasteiger partial charge in [0.1, 0.15) is 0 Å². The fourth-order valence-corrected chi connectivity index (χ4v) is 4.08. The van der Waals surface area contributed by atoms with Gasteiger partial charge in [0.15, 0.2) is 0 Å². The highest BCUT2D eigenvalue weighted by Gasteiger charge is 2.24. The van der Waals surface area contributed by atoms with E-state index in [1.54, 1.807) is 4.52 Å². The Morgan fingerprint density at radius 1 is 1.14 bits per heavy atom. The van der Waals surface area contributed by atoms with Gasteiger partial charge in [-0.3, -0.25) is 4.79 Å². The van der Waals surface area contributed by atoms with Gasteiger partial charge < -0.3 is 10.6 Å². The van der Waals surface area contributed by atoms with E-state index in [0.29, 0.717) is 18.1 Å². The molecule has 1 amide bonds. The van der Waals surface area contributed by atoms with Crippen molar-refractivity contribution >= 4 is 17.6 Å². The van der Waals surface area contributed by atoms with Gasteiger partial charge in [-0.15, -0.1) is 5.10 Å². The van der Waals surface area contributed by atoms with Gasteiger partial charge in [0, 0.05) is 30.0 Å². The number of fused-ring (bicyclic) bond motifs is 1. The Morgan fingerprint density at radius 3 is 2.57 bits per heavy atom. The predicted octanol–water partition coefficient (Wildman–Crippen LogP) is 2.35. The molecule has 146 valence electrons. The average Bonchev–Trinajstić information content (AvgIpc) is 3.06. The summed E-state index contributed by atoms with van der Waals surface area (Å²) in [5.41, 5.74) is 9.66. The molecule has 0 radical (unpaired) electrons. The second-order valence-corrected chi connectivity index (χ2v) is 7.63. The van der Waals surface area contributed by atoms with Gasteiger partial charge in [-0.1, -0.05) is 30.3 Å². The number of aryl methyl sites for hydroxylation is 2. The van der Waals surface area contributed by atoms with Crippen LogP contribution in [-0.4, -0.2) is 43.5 Å². The molecule has 1 aromatic carbocycles. The minimum absolute atomic E-state index is 0.151. The largest absolute Gasteiger partial charge is 0.366 e. The lowest BCUT2D eigenvalue weighted by Gasteiger charge is -2.32. The molecule has 2 aromatic heterocycles. The summed E-state index contributed by atoms with van der Waals surface area (Å²) in [6.45, 7) is 5.48.